The van der Waals surface area contributed by atoms with Crippen LogP contribution < -0.4 is 10.3 Å². The van der Waals surface area contributed by atoms with Gasteiger partial charge >= 0.3 is 12.4 Å². The number of hydrogen-bond acceptors (Lipinski definition) is 6. The number of alkyl halides is 6. The van der Waals surface area contributed by atoms with Gasteiger partial charge in [-0.05, 0) is 48.0 Å². The lowest BCUT2D eigenvalue weighted by molar-refractivity contribution is -0.376. The number of ether oxygens (including phenoxy) is 1. The summed E-state index contributed by atoms with van der Waals surface area (Å²) in [5.41, 5.74) is -5.31. The normalized spacial score (nSPS) is 12.6. The van der Waals surface area contributed by atoms with Crippen LogP contribution in [0.1, 0.15) is 22.0 Å². The van der Waals surface area contributed by atoms with Gasteiger partial charge in [0, 0.05) is 12.0 Å². The number of para-hydroxylation sites is 1. The minimum absolute atomic E-state index is 0.0448. The molecule has 0 unspecified atom stereocenters. The molecule has 0 radical (unpaired) electrons. The van der Waals surface area contributed by atoms with Crippen molar-refractivity contribution in [3.63, 3.8) is 0 Å². The molecule has 2 heterocycles. The second kappa shape index (κ2) is 11.3. The first-order chi connectivity index (χ1) is 21.3. The van der Waals surface area contributed by atoms with E-state index in [1.807, 2.05) is 24.3 Å². The van der Waals surface area contributed by atoms with Crippen LogP contribution in [0, 0.1) is 0 Å². The van der Waals surface area contributed by atoms with Crippen molar-refractivity contribution in [3.05, 3.63) is 129 Å². The molecule has 0 spiro atoms. The molecule has 6 aromatic rings. The van der Waals surface area contributed by atoms with Gasteiger partial charge in [0.2, 0.25) is 0 Å². The van der Waals surface area contributed by atoms with Crippen molar-refractivity contribution in [1.29, 1.82) is 0 Å². The molecule has 230 valence electrons. The minimum Gasteiger partial charge on any atom is -0.486 e. The van der Waals surface area contributed by atoms with Crippen molar-refractivity contribution >= 4 is 32.5 Å². The number of fused-ring (bicyclic) bond motifs is 2. The van der Waals surface area contributed by atoms with Crippen molar-refractivity contribution in [2.75, 3.05) is 0 Å². The van der Waals surface area contributed by atoms with E-state index in [1.165, 1.54) is 17.4 Å². The summed E-state index contributed by atoms with van der Waals surface area (Å²) in [6.07, 6.45) is -12.0. The van der Waals surface area contributed by atoms with Crippen LogP contribution in [0.2, 0.25) is 0 Å². The molecule has 0 amide bonds. The van der Waals surface area contributed by atoms with Gasteiger partial charge in [0.05, 0.1) is 26.8 Å². The van der Waals surface area contributed by atoms with E-state index in [0.29, 0.717) is 28.4 Å². The molecule has 0 fully saturated rings. The Bertz CT molecular complexity index is 2010. The predicted molar refractivity (Wildman–Crippen MR) is 157 cm³/mol. The fraction of sp³-hybridized carbons (Fsp3) is 0.156. The minimum atomic E-state index is -6.05. The van der Waals surface area contributed by atoms with Gasteiger partial charge in [-0.15, -0.1) is 11.3 Å². The smallest absolute Gasteiger partial charge is 0.430 e. The van der Waals surface area contributed by atoms with Gasteiger partial charge in [-0.2, -0.15) is 26.3 Å². The van der Waals surface area contributed by atoms with Gasteiger partial charge in [0.1, 0.15) is 23.2 Å². The van der Waals surface area contributed by atoms with Crippen molar-refractivity contribution in [2.45, 2.75) is 31.0 Å². The van der Waals surface area contributed by atoms with Crippen LogP contribution in [-0.2, 0) is 18.6 Å². The molecule has 0 aliphatic heterocycles. The number of thiazole rings is 1. The zero-order valence-electron chi connectivity index (χ0n) is 22.9. The second-order valence-electron chi connectivity index (χ2n) is 10.1. The second-order valence-corrected chi connectivity index (χ2v) is 11.2. The highest BCUT2D eigenvalue weighted by atomic mass is 32.1. The average Bonchev–Trinajstić information content (AvgIpc) is 3.43. The van der Waals surface area contributed by atoms with Gasteiger partial charge in [-0.25, -0.2) is 9.97 Å². The van der Waals surface area contributed by atoms with Crippen LogP contribution in [0.3, 0.4) is 0 Å². The molecule has 0 aliphatic rings. The van der Waals surface area contributed by atoms with Crippen LogP contribution in [0.5, 0.6) is 5.75 Å². The lowest BCUT2D eigenvalue weighted by Gasteiger charge is -2.32. The highest BCUT2D eigenvalue weighted by Gasteiger charge is 2.71. The van der Waals surface area contributed by atoms with E-state index in [1.54, 1.807) is 42.5 Å². The van der Waals surface area contributed by atoms with E-state index in [9.17, 15) is 36.2 Å². The van der Waals surface area contributed by atoms with Crippen LogP contribution >= 0.6 is 11.3 Å². The Labute approximate surface area is 254 Å². The standard InChI is InChI=1S/C32H21F6N3O3S/c33-31(34,35)30(43,32(36,37)38)20-10-12-21(13-11-20)41-27(16-19-6-2-1-3-7-19)39-24-15-14-22(17-23(24)29(41)42)44-18-28-40-25-8-4-5-9-26(25)45-28/h1-15,17,43H,16,18H2. The number of benzene rings is 4. The molecule has 0 saturated heterocycles. The van der Waals surface area contributed by atoms with Gasteiger partial charge in [0.25, 0.3) is 11.2 Å². The Balaban J connectivity index is 1.42. The van der Waals surface area contributed by atoms with E-state index >= 15 is 0 Å². The molecule has 0 bridgehead atoms. The van der Waals surface area contributed by atoms with Gasteiger partial charge in [0.15, 0.2) is 0 Å². The molecule has 45 heavy (non-hydrogen) atoms. The third-order valence-electron chi connectivity index (χ3n) is 7.18. The summed E-state index contributed by atoms with van der Waals surface area (Å²) in [5, 5.41) is 10.6. The Morgan fingerprint density at radius 1 is 0.778 bits per heavy atom. The quantitative estimate of drug-likeness (QED) is 0.183. The van der Waals surface area contributed by atoms with Crippen LogP contribution in [0.25, 0.3) is 26.8 Å². The first-order valence-corrected chi connectivity index (χ1v) is 14.2. The number of halogens is 6. The maximum absolute atomic E-state index is 13.9. The molecule has 6 rings (SSSR count). The topological polar surface area (TPSA) is 77.2 Å². The summed E-state index contributed by atoms with van der Waals surface area (Å²) in [6, 6.07) is 24.0. The third-order valence-corrected chi connectivity index (χ3v) is 8.19. The maximum Gasteiger partial charge on any atom is 0.430 e. The molecule has 2 aromatic heterocycles. The zero-order chi connectivity index (χ0) is 32.0. The summed E-state index contributed by atoms with van der Waals surface area (Å²) in [5.74, 6) is 0.523. The highest BCUT2D eigenvalue weighted by Crippen LogP contribution is 2.50. The Hall–Kier alpha value is -4.75. The Morgan fingerprint density at radius 2 is 1.44 bits per heavy atom. The Morgan fingerprint density at radius 3 is 2.11 bits per heavy atom. The SMILES string of the molecule is O=c1c2cc(OCc3nc4ccccc4s3)ccc2nc(Cc2ccccc2)n1-c1ccc(C(O)(C(F)(F)F)C(F)(F)F)cc1. The molecular formula is C32H21F6N3O3S. The van der Waals surface area contributed by atoms with Crippen molar-refractivity contribution in [1.82, 2.24) is 14.5 Å². The van der Waals surface area contributed by atoms with E-state index < -0.39 is 29.1 Å². The largest absolute Gasteiger partial charge is 0.486 e. The maximum atomic E-state index is 13.9. The number of aromatic nitrogens is 3. The zero-order valence-corrected chi connectivity index (χ0v) is 23.7. The molecule has 0 atom stereocenters. The first kappa shape index (κ1) is 30.3. The predicted octanol–water partition coefficient (Wildman–Crippen LogP) is 7.48. The fourth-order valence-corrected chi connectivity index (χ4v) is 5.81. The molecule has 13 heteroatoms. The first-order valence-electron chi connectivity index (χ1n) is 13.4. The molecule has 1 N–H and O–H groups in total. The summed E-state index contributed by atoms with van der Waals surface area (Å²) < 4.78 is 88.8. The summed E-state index contributed by atoms with van der Waals surface area (Å²) >= 11 is 1.46. The molecule has 6 nitrogen and oxygen atoms in total. The van der Waals surface area contributed by atoms with E-state index in [4.69, 9.17) is 4.74 Å². The van der Waals surface area contributed by atoms with Crippen molar-refractivity contribution in [3.8, 4) is 11.4 Å². The molecule has 0 saturated carbocycles. The van der Waals surface area contributed by atoms with E-state index in [0.717, 1.165) is 32.5 Å². The van der Waals surface area contributed by atoms with Gasteiger partial charge in [-0.1, -0.05) is 54.6 Å². The monoisotopic (exact) mass is 641 g/mol. The van der Waals surface area contributed by atoms with Crippen LogP contribution in [-0.4, -0.2) is 32.0 Å². The van der Waals surface area contributed by atoms with Crippen LogP contribution in [0.4, 0.5) is 26.3 Å². The number of aliphatic hydroxyl groups is 1. The van der Waals surface area contributed by atoms with Crippen molar-refractivity contribution in [2.24, 2.45) is 0 Å². The number of nitrogens with zero attached hydrogens (tertiary/aromatic N) is 3. The number of rotatable bonds is 7. The van der Waals surface area contributed by atoms with Gasteiger partial charge in [-0.3, -0.25) is 9.36 Å². The van der Waals surface area contributed by atoms with Crippen LogP contribution in [0.15, 0.2) is 102 Å². The lowest BCUT2D eigenvalue weighted by Crippen LogP contribution is -2.53. The van der Waals surface area contributed by atoms with Crippen molar-refractivity contribution < 1.29 is 36.2 Å². The molecular weight excluding hydrogens is 620 g/mol. The Kier molecular flexibility index (Phi) is 7.61. The third kappa shape index (κ3) is 5.64. The van der Waals surface area contributed by atoms with Gasteiger partial charge < -0.3 is 9.84 Å². The summed E-state index contributed by atoms with van der Waals surface area (Å²) in [6.45, 7) is 0.126. The average molecular weight is 642 g/mol. The molecule has 0 aliphatic carbocycles. The summed E-state index contributed by atoms with van der Waals surface area (Å²) in [7, 11) is 0. The number of hydrogen-bond donors (Lipinski definition) is 1. The van der Waals surface area contributed by atoms with E-state index in [-0.39, 0.29) is 29.9 Å². The van der Waals surface area contributed by atoms with E-state index in [2.05, 4.69) is 9.97 Å². The highest BCUT2D eigenvalue weighted by molar-refractivity contribution is 7.18. The summed E-state index contributed by atoms with van der Waals surface area (Å²) in [4.78, 5) is 23.1. The fourth-order valence-electron chi connectivity index (χ4n) is 4.93. The lowest BCUT2D eigenvalue weighted by atomic mass is 9.92. The molecule has 4 aromatic carbocycles.